The fourth-order valence-electron chi connectivity index (χ4n) is 2.58. The van der Waals surface area contributed by atoms with Crippen LogP contribution < -0.4 is 14.8 Å². The number of methoxy groups -OCH3 is 1. The molecule has 0 aliphatic rings. The fraction of sp³-hybridized carbons (Fsp3) is 0.0952. The van der Waals surface area contributed by atoms with Crippen LogP contribution in [0.1, 0.15) is 15.9 Å². The summed E-state index contributed by atoms with van der Waals surface area (Å²) in [6, 6.07) is 19.9. The molecule has 0 unspecified atom stereocenters. The Morgan fingerprint density at radius 1 is 0.929 bits per heavy atom. The van der Waals surface area contributed by atoms with Crippen LogP contribution in [0.4, 0.5) is 11.4 Å². The highest BCUT2D eigenvalue weighted by Crippen LogP contribution is 2.27. The lowest BCUT2D eigenvalue weighted by molar-refractivity contribution is 0.102. The number of carbonyl (C=O) groups excluding carboxylic acids is 1. The molecule has 0 saturated heterocycles. The maximum Gasteiger partial charge on any atom is 0.262 e. The fourth-order valence-corrected chi connectivity index (χ4v) is 3.70. The number of rotatable bonds is 6. The van der Waals surface area contributed by atoms with Crippen LogP contribution in [0.3, 0.4) is 0 Å². The van der Waals surface area contributed by atoms with Crippen molar-refractivity contribution in [3.63, 3.8) is 0 Å². The summed E-state index contributed by atoms with van der Waals surface area (Å²) >= 11 is 0. The summed E-state index contributed by atoms with van der Waals surface area (Å²) < 4.78 is 33.2. The minimum absolute atomic E-state index is 0.0279. The molecule has 0 bridgehead atoms. The van der Waals surface area contributed by atoms with Crippen molar-refractivity contribution < 1.29 is 17.9 Å². The molecule has 2 N–H and O–H groups in total. The lowest BCUT2D eigenvalue weighted by Crippen LogP contribution is -2.15. The summed E-state index contributed by atoms with van der Waals surface area (Å²) in [4.78, 5) is 12.4. The van der Waals surface area contributed by atoms with E-state index in [9.17, 15) is 13.2 Å². The lowest BCUT2D eigenvalue weighted by atomic mass is 10.1. The highest BCUT2D eigenvalue weighted by Gasteiger charge is 2.17. The molecule has 0 saturated carbocycles. The van der Waals surface area contributed by atoms with Crippen molar-refractivity contribution in [2.75, 3.05) is 17.1 Å². The van der Waals surface area contributed by atoms with Crippen molar-refractivity contribution in [3.05, 3.63) is 83.9 Å². The van der Waals surface area contributed by atoms with Crippen LogP contribution in [-0.2, 0) is 10.0 Å². The van der Waals surface area contributed by atoms with Crippen molar-refractivity contribution in [3.8, 4) is 5.75 Å². The second-order valence-corrected chi connectivity index (χ2v) is 7.84. The van der Waals surface area contributed by atoms with Gasteiger partial charge in [0, 0.05) is 11.3 Å². The molecule has 0 aromatic heterocycles. The number of anilines is 2. The molecular weight excluding hydrogens is 376 g/mol. The summed E-state index contributed by atoms with van der Waals surface area (Å²) in [5.74, 6) is 0.0992. The normalized spacial score (nSPS) is 10.9. The van der Waals surface area contributed by atoms with Crippen molar-refractivity contribution in [2.24, 2.45) is 0 Å². The third-order valence-electron chi connectivity index (χ3n) is 4.07. The summed E-state index contributed by atoms with van der Waals surface area (Å²) in [5.41, 5.74) is 2.26. The van der Waals surface area contributed by atoms with Crippen molar-refractivity contribution in [1.29, 1.82) is 0 Å². The van der Waals surface area contributed by atoms with Gasteiger partial charge in [-0.3, -0.25) is 9.52 Å². The van der Waals surface area contributed by atoms with Crippen LogP contribution in [-0.4, -0.2) is 21.4 Å². The van der Waals surface area contributed by atoms with E-state index in [2.05, 4.69) is 10.0 Å². The molecule has 0 aliphatic heterocycles. The zero-order chi connectivity index (χ0) is 20.1. The monoisotopic (exact) mass is 396 g/mol. The first-order valence-electron chi connectivity index (χ1n) is 8.53. The van der Waals surface area contributed by atoms with Gasteiger partial charge in [0.2, 0.25) is 0 Å². The number of amides is 1. The molecule has 0 aliphatic carbocycles. The molecule has 0 atom stereocenters. The number of para-hydroxylation sites is 2. The van der Waals surface area contributed by atoms with Gasteiger partial charge in [0.15, 0.2) is 0 Å². The lowest BCUT2D eigenvalue weighted by Gasteiger charge is -2.12. The van der Waals surface area contributed by atoms with Gasteiger partial charge in [-0.2, -0.15) is 0 Å². The molecule has 0 radical (unpaired) electrons. The number of carbonyl (C=O) groups is 1. The Bertz CT molecular complexity index is 1090. The van der Waals surface area contributed by atoms with Gasteiger partial charge in [0.1, 0.15) is 5.75 Å². The minimum Gasteiger partial charge on any atom is -0.495 e. The highest BCUT2D eigenvalue weighted by molar-refractivity contribution is 7.92. The summed E-state index contributed by atoms with van der Waals surface area (Å²) in [5, 5.41) is 2.72. The number of hydrogen-bond acceptors (Lipinski definition) is 4. The van der Waals surface area contributed by atoms with E-state index in [0.29, 0.717) is 22.7 Å². The first-order valence-corrected chi connectivity index (χ1v) is 10.0. The Hall–Kier alpha value is -3.32. The van der Waals surface area contributed by atoms with Crippen LogP contribution in [0, 0.1) is 6.92 Å². The van der Waals surface area contributed by atoms with E-state index in [4.69, 9.17) is 4.74 Å². The van der Waals surface area contributed by atoms with Crippen LogP contribution >= 0.6 is 0 Å². The van der Waals surface area contributed by atoms with Gasteiger partial charge in [0.25, 0.3) is 15.9 Å². The summed E-state index contributed by atoms with van der Waals surface area (Å²) in [6.07, 6.45) is 0. The average molecular weight is 396 g/mol. The second kappa shape index (κ2) is 8.14. The van der Waals surface area contributed by atoms with E-state index in [1.54, 1.807) is 48.5 Å². The Labute approximate surface area is 164 Å². The quantitative estimate of drug-likeness (QED) is 0.658. The van der Waals surface area contributed by atoms with Gasteiger partial charge < -0.3 is 10.1 Å². The molecular formula is C21H20N2O4S. The SMILES string of the molecule is COc1ccccc1NS(=O)(=O)c1cccc(NC(=O)c2ccc(C)cc2)c1. The van der Waals surface area contributed by atoms with E-state index in [1.165, 1.54) is 19.2 Å². The van der Waals surface area contributed by atoms with Crippen LogP contribution in [0.2, 0.25) is 0 Å². The topological polar surface area (TPSA) is 84.5 Å². The maximum atomic E-state index is 12.7. The van der Waals surface area contributed by atoms with E-state index >= 15 is 0 Å². The third-order valence-corrected chi connectivity index (χ3v) is 5.43. The molecule has 0 heterocycles. The number of aryl methyl sites for hydroxylation is 1. The molecule has 0 spiro atoms. The maximum absolute atomic E-state index is 12.7. The predicted molar refractivity (Wildman–Crippen MR) is 109 cm³/mol. The van der Waals surface area contributed by atoms with Gasteiger partial charge in [-0.25, -0.2) is 8.42 Å². The van der Waals surface area contributed by atoms with Gasteiger partial charge in [0.05, 0.1) is 17.7 Å². The van der Waals surface area contributed by atoms with E-state index in [1.807, 2.05) is 19.1 Å². The summed E-state index contributed by atoms with van der Waals surface area (Å²) in [6.45, 7) is 1.94. The van der Waals surface area contributed by atoms with E-state index < -0.39 is 10.0 Å². The predicted octanol–water partition coefficient (Wildman–Crippen LogP) is 4.06. The zero-order valence-electron chi connectivity index (χ0n) is 15.5. The number of ether oxygens (including phenoxy) is 1. The molecule has 7 heteroatoms. The minimum atomic E-state index is -3.86. The Balaban J connectivity index is 1.82. The van der Waals surface area contributed by atoms with Crippen molar-refractivity contribution in [1.82, 2.24) is 0 Å². The Kier molecular flexibility index (Phi) is 5.65. The molecule has 1 amide bonds. The molecule has 6 nitrogen and oxygen atoms in total. The highest BCUT2D eigenvalue weighted by atomic mass is 32.2. The first kappa shape index (κ1) is 19.4. The number of sulfonamides is 1. The number of nitrogens with one attached hydrogen (secondary N) is 2. The number of hydrogen-bond donors (Lipinski definition) is 2. The number of benzene rings is 3. The first-order chi connectivity index (χ1) is 13.4. The average Bonchev–Trinajstić information content (AvgIpc) is 2.69. The Morgan fingerprint density at radius 3 is 2.36 bits per heavy atom. The zero-order valence-corrected chi connectivity index (χ0v) is 16.3. The largest absolute Gasteiger partial charge is 0.495 e. The summed E-state index contributed by atoms with van der Waals surface area (Å²) in [7, 11) is -2.39. The standard InChI is InChI=1S/C21H20N2O4S/c1-15-10-12-16(13-11-15)21(24)22-17-6-5-7-18(14-17)28(25,26)23-19-8-3-4-9-20(19)27-2/h3-14,23H,1-2H3,(H,22,24). The van der Waals surface area contributed by atoms with E-state index in [0.717, 1.165) is 5.56 Å². The molecule has 3 aromatic carbocycles. The second-order valence-electron chi connectivity index (χ2n) is 6.15. The van der Waals surface area contributed by atoms with Gasteiger partial charge in [-0.1, -0.05) is 35.9 Å². The van der Waals surface area contributed by atoms with Crippen molar-refractivity contribution >= 4 is 27.3 Å². The van der Waals surface area contributed by atoms with Gasteiger partial charge >= 0.3 is 0 Å². The van der Waals surface area contributed by atoms with Crippen LogP contribution in [0.15, 0.2) is 77.7 Å². The van der Waals surface area contributed by atoms with Gasteiger partial charge in [-0.05, 0) is 49.4 Å². The van der Waals surface area contributed by atoms with Gasteiger partial charge in [-0.15, -0.1) is 0 Å². The molecule has 144 valence electrons. The Morgan fingerprint density at radius 2 is 1.64 bits per heavy atom. The van der Waals surface area contributed by atoms with Crippen molar-refractivity contribution in [2.45, 2.75) is 11.8 Å². The molecule has 28 heavy (non-hydrogen) atoms. The molecule has 0 fully saturated rings. The van der Waals surface area contributed by atoms with Crippen LogP contribution in [0.25, 0.3) is 0 Å². The third kappa shape index (κ3) is 4.50. The van der Waals surface area contributed by atoms with Crippen LogP contribution in [0.5, 0.6) is 5.75 Å². The molecule has 3 aromatic rings. The van der Waals surface area contributed by atoms with E-state index in [-0.39, 0.29) is 10.8 Å². The smallest absolute Gasteiger partial charge is 0.262 e. The molecule has 3 rings (SSSR count).